The molecule has 0 aliphatic carbocycles. The fourth-order valence-corrected chi connectivity index (χ4v) is 3.96. The van der Waals surface area contributed by atoms with E-state index in [4.69, 9.17) is 11.6 Å². The largest absolute Gasteiger partial charge is 0.278 e. The van der Waals surface area contributed by atoms with Crippen LogP contribution in [0.4, 0.5) is 5.69 Å². The van der Waals surface area contributed by atoms with E-state index in [-0.39, 0.29) is 20.5 Å². The molecule has 0 radical (unpaired) electrons. The van der Waals surface area contributed by atoms with Crippen LogP contribution in [0, 0.1) is 6.92 Å². The molecule has 2 rings (SSSR count). The summed E-state index contributed by atoms with van der Waals surface area (Å²) in [5.74, 6) is 0. The highest BCUT2D eigenvalue weighted by Crippen LogP contribution is 2.27. The summed E-state index contributed by atoms with van der Waals surface area (Å²) < 4.78 is 50.5. The van der Waals surface area contributed by atoms with Crippen LogP contribution in [-0.2, 0) is 19.9 Å². The summed E-state index contributed by atoms with van der Waals surface area (Å²) >= 11 is 5.83. The first kappa shape index (κ1) is 16.8. The summed E-state index contributed by atoms with van der Waals surface area (Å²) in [7, 11) is -7.50. The molecule has 0 fully saturated rings. The average molecular weight is 360 g/mol. The lowest BCUT2D eigenvalue weighted by Crippen LogP contribution is -2.15. The molecule has 8 heteroatoms. The van der Waals surface area contributed by atoms with Crippen molar-refractivity contribution in [1.82, 2.24) is 0 Å². The highest BCUT2D eigenvalue weighted by molar-refractivity contribution is 7.93. The summed E-state index contributed by atoms with van der Waals surface area (Å²) in [4.78, 5) is -0.0925. The molecule has 118 valence electrons. The Kier molecular flexibility index (Phi) is 4.51. The van der Waals surface area contributed by atoms with Crippen molar-refractivity contribution in [3.8, 4) is 0 Å². The predicted molar refractivity (Wildman–Crippen MR) is 86.5 cm³/mol. The van der Waals surface area contributed by atoms with Gasteiger partial charge < -0.3 is 0 Å². The van der Waals surface area contributed by atoms with Gasteiger partial charge in [0, 0.05) is 11.3 Å². The van der Waals surface area contributed by atoms with Gasteiger partial charge in [0.25, 0.3) is 10.0 Å². The van der Waals surface area contributed by atoms with Crippen molar-refractivity contribution in [3.63, 3.8) is 0 Å². The number of hydrogen-bond donors (Lipinski definition) is 1. The average Bonchev–Trinajstić information content (AvgIpc) is 2.37. The second-order valence-electron chi connectivity index (χ2n) is 4.83. The molecule has 0 heterocycles. The maximum absolute atomic E-state index is 12.4. The molecular weight excluding hydrogens is 346 g/mol. The topological polar surface area (TPSA) is 80.3 Å². The second-order valence-corrected chi connectivity index (χ2v) is 8.93. The first-order valence-corrected chi connectivity index (χ1v) is 9.94. The van der Waals surface area contributed by atoms with Crippen molar-refractivity contribution in [2.45, 2.75) is 16.7 Å². The smallest absolute Gasteiger partial charge is 0.261 e. The van der Waals surface area contributed by atoms with Gasteiger partial charge >= 0.3 is 0 Å². The molecule has 2 aromatic carbocycles. The zero-order valence-corrected chi connectivity index (χ0v) is 14.3. The van der Waals surface area contributed by atoms with Crippen LogP contribution in [0.5, 0.6) is 0 Å². The van der Waals surface area contributed by atoms with Crippen LogP contribution >= 0.6 is 11.6 Å². The first-order valence-electron chi connectivity index (χ1n) is 6.19. The van der Waals surface area contributed by atoms with Gasteiger partial charge in [-0.1, -0.05) is 29.3 Å². The second kappa shape index (κ2) is 5.91. The number of rotatable bonds is 4. The van der Waals surface area contributed by atoms with Gasteiger partial charge in [-0.05, 0) is 37.3 Å². The monoisotopic (exact) mass is 359 g/mol. The standard InChI is InChI=1S/C14H14ClNO4S2/c1-10-3-6-12(7-4-10)22(19,20)16-13-9-11(15)5-8-14(13)21(2,17)18/h3-9,16H,1-2H3. The number of sulfone groups is 1. The van der Waals surface area contributed by atoms with E-state index in [0.29, 0.717) is 0 Å². The van der Waals surface area contributed by atoms with Gasteiger partial charge in [-0.3, -0.25) is 4.72 Å². The molecule has 0 aliphatic heterocycles. The molecule has 0 aromatic heterocycles. The van der Waals surface area contributed by atoms with Crippen molar-refractivity contribution in [2.75, 3.05) is 11.0 Å². The van der Waals surface area contributed by atoms with E-state index in [1.807, 2.05) is 6.92 Å². The van der Waals surface area contributed by atoms with Crippen molar-refractivity contribution in [2.24, 2.45) is 0 Å². The third-order valence-corrected chi connectivity index (χ3v) is 5.69. The zero-order chi connectivity index (χ0) is 16.5. The van der Waals surface area contributed by atoms with Gasteiger partial charge in [-0.25, -0.2) is 16.8 Å². The highest BCUT2D eigenvalue weighted by Gasteiger charge is 2.20. The Hall–Kier alpha value is -1.57. The first-order chi connectivity index (χ1) is 10.1. The Morgan fingerprint density at radius 3 is 2.09 bits per heavy atom. The minimum Gasteiger partial charge on any atom is -0.278 e. The van der Waals surface area contributed by atoms with Crippen molar-refractivity contribution < 1.29 is 16.8 Å². The Morgan fingerprint density at radius 1 is 0.955 bits per heavy atom. The summed E-state index contributed by atoms with van der Waals surface area (Å²) in [6.45, 7) is 1.84. The van der Waals surface area contributed by atoms with Crippen LogP contribution in [0.25, 0.3) is 0 Å². The normalized spacial score (nSPS) is 12.1. The third kappa shape index (κ3) is 3.79. The quantitative estimate of drug-likeness (QED) is 0.910. The van der Waals surface area contributed by atoms with Crippen LogP contribution < -0.4 is 4.72 Å². The lowest BCUT2D eigenvalue weighted by molar-refractivity contribution is 0.601. The van der Waals surface area contributed by atoms with Crippen LogP contribution in [-0.4, -0.2) is 23.1 Å². The number of anilines is 1. The number of aryl methyl sites for hydroxylation is 1. The van der Waals surface area contributed by atoms with E-state index < -0.39 is 19.9 Å². The van der Waals surface area contributed by atoms with Crippen LogP contribution in [0.1, 0.15) is 5.56 Å². The van der Waals surface area contributed by atoms with Gasteiger partial charge in [-0.2, -0.15) is 0 Å². The molecule has 0 saturated heterocycles. The van der Waals surface area contributed by atoms with Gasteiger partial charge in [0.05, 0.1) is 15.5 Å². The molecule has 0 saturated carbocycles. The summed E-state index contributed by atoms with van der Waals surface area (Å²) in [5, 5.41) is 0.231. The Labute approximate surface area is 134 Å². The van der Waals surface area contributed by atoms with Crippen molar-refractivity contribution in [3.05, 3.63) is 53.1 Å². The van der Waals surface area contributed by atoms with Gasteiger partial charge in [-0.15, -0.1) is 0 Å². The van der Waals surface area contributed by atoms with E-state index in [0.717, 1.165) is 11.8 Å². The number of sulfonamides is 1. The highest BCUT2D eigenvalue weighted by atomic mass is 35.5. The minimum atomic E-state index is -3.90. The van der Waals surface area contributed by atoms with E-state index in [1.165, 1.54) is 30.3 Å². The van der Waals surface area contributed by atoms with Crippen LogP contribution in [0.2, 0.25) is 5.02 Å². The van der Waals surface area contributed by atoms with Gasteiger partial charge in [0.15, 0.2) is 9.84 Å². The zero-order valence-electron chi connectivity index (χ0n) is 11.9. The van der Waals surface area contributed by atoms with Crippen LogP contribution in [0.3, 0.4) is 0 Å². The molecular formula is C14H14ClNO4S2. The maximum atomic E-state index is 12.4. The van der Waals surface area contributed by atoms with Crippen LogP contribution in [0.15, 0.2) is 52.3 Å². The van der Waals surface area contributed by atoms with E-state index in [2.05, 4.69) is 4.72 Å². The van der Waals surface area contributed by atoms with E-state index in [9.17, 15) is 16.8 Å². The fraction of sp³-hybridized carbons (Fsp3) is 0.143. The lowest BCUT2D eigenvalue weighted by atomic mass is 10.2. The molecule has 5 nitrogen and oxygen atoms in total. The SMILES string of the molecule is Cc1ccc(S(=O)(=O)Nc2cc(Cl)ccc2S(C)(=O)=O)cc1. The number of halogens is 1. The molecule has 0 aliphatic rings. The number of hydrogen-bond acceptors (Lipinski definition) is 4. The van der Waals surface area contributed by atoms with Gasteiger partial charge in [0.1, 0.15) is 0 Å². The maximum Gasteiger partial charge on any atom is 0.261 e. The number of benzene rings is 2. The van der Waals surface area contributed by atoms with Crippen molar-refractivity contribution >= 4 is 37.1 Å². The Balaban J connectivity index is 2.50. The number of nitrogens with one attached hydrogen (secondary N) is 1. The predicted octanol–water partition coefficient (Wildman–Crippen LogP) is 2.85. The fourth-order valence-electron chi connectivity index (χ4n) is 1.83. The summed E-state index contributed by atoms with van der Waals surface area (Å²) in [6.07, 6.45) is 1.000. The lowest BCUT2D eigenvalue weighted by Gasteiger charge is -2.12. The minimum absolute atomic E-state index is 0.0394. The summed E-state index contributed by atoms with van der Waals surface area (Å²) in [6, 6.07) is 10.1. The molecule has 0 spiro atoms. The van der Waals surface area contributed by atoms with E-state index >= 15 is 0 Å². The molecule has 1 N–H and O–H groups in total. The van der Waals surface area contributed by atoms with Gasteiger partial charge in [0.2, 0.25) is 0 Å². The van der Waals surface area contributed by atoms with Crippen molar-refractivity contribution in [1.29, 1.82) is 0 Å². The van der Waals surface area contributed by atoms with E-state index in [1.54, 1.807) is 12.1 Å². The molecule has 2 aromatic rings. The Bertz CT molecular complexity index is 904. The molecule has 0 unspecified atom stereocenters. The Morgan fingerprint density at radius 2 is 1.55 bits per heavy atom. The molecule has 0 amide bonds. The summed E-state index contributed by atoms with van der Waals surface area (Å²) in [5.41, 5.74) is 0.842. The third-order valence-electron chi connectivity index (χ3n) is 2.92. The molecule has 22 heavy (non-hydrogen) atoms. The molecule has 0 bridgehead atoms. The molecule has 0 atom stereocenters.